The fourth-order valence-corrected chi connectivity index (χ4v) is 3.59. The van der Waals surface area contributed by atoms with Crippen molar-refractivity contribution < 1.29 is 9.47 Å². The quantitative estimate of drug-likeness (QED) is 0.649. The highest BCUT2D eigenvalue weighted by atomic mass is 16.6. The molecule has 1 aromatic carbocycles. The van der Waals surface area contributed by atoms with Gasteiger partial charge >= 0.3 is 0 Å². The van der Waals surface area contributed by atoms with Crippen molar-refractivity contribution in [1.29, 1.82) is 0 Å². The van der Waals surface area contributed by atoms with Gasteiger partial charge in [0.2, 0.25) is 5.95 Å². The molecule has 1 unspecified atom stereocenters. The molecule has 0 spiro atoms. The minimum absolute atomic E-state index is 0.102. The minimum atomic E-state index is -0.554. The van der Waals surface area contributed by atoms with Crippen LogP contribution in [0, 0.1) is 0 Å². The fraction of sp³-hybridized carbons (Fsp3) is 0.348. The number of aromatic nitrogens is 3. The summed E-state index contributed by atoms with van der Waals surface area (Å²) in [5.41, 5.74) is 0.844. The molecule has 156 valence electrons. The molecule has 4 rings (SSSR count). The predicted octanol–water partition coefficient (Wildman–Crippen LogP) is 2.91. The van der Waals surface area contributed by atoms with Gasteiger partial charge in [0.05, 0.1) is 18.8 Å². The Balaban J connectivity index is 1.60. The minimum Gasteiger partial charge on any atom is -0.485 e. The molecule has 1 fully saturated rings. The van der Waals surface area contributed by atoms with Crippen LogP contribution in [0.5, 0.6) is 5.75 Å². The van der Waals surface area contributed by atoms with Gasteiger partial charge in [-0.1, -0.05) is 18.2 Å². The molecule has 1 saturated heterocycles. The Bertz CT molecular complexity index is 1050. The smallest absolute Gasteiger partial charge is 0.255 e. The molecule has 30 heavy (non-hydrogen) atoms. The summed E-state index contributed by atoms with van der Waals surface area (Å²) in [6.07, 6.45) is 3.21. The van der Waals surface area contributed by atoms with Crippen molar-refractivity contribution in [1.82, 2.24) is 14.5 Å². The van der Waals surface area contributed by atoms with E-state index in [1.807, 2.05) is 56.3 Å². The lowest BCUT2D eigenvalue weighted by Gasteiger charge is -2.41. The van der Waals surface area contributed by atoms with E-state index in [1.165, 1.54) is 0 Å². The molecule has 0 saturated carbocycles. The molecular weight excluding hydrogens is 380 g/mol. The third kappa shape index (κ3) is 4.21. The summed E-state index contributed by atoms with van der Waals surface area (Å²) in [5, 5.41) is 0. The fourth-order valence-electron chi connectivity index (χ4n) is 3.59. The Morgan fingerprint density at radius 2 is 1.87 bits per heavy atom. The average molecular weight is 406 g/mol. The molecule has 2 aromatic heterocycles. The van der Waals surface area contributed by atoms with Gasteiger partial charge < -0.3 is 14.4 Å². The first-order chi connectivity index (χ1) is 14.4. The summed E-state index contributed by atoms with van der Waals surface area (Å²) in [6.45, 7) is 5.79. The van der Waals surface area contributed by atoms with Gasteiger partial charge in [0.25, 0.3) is 5.56 Å². The average Bonchev–Trinajstić information content (AvgIpc) is 2.76. The molecule has 1 aliphatic heterocycles. The Hall–Kier alpha value is -3.19. The molecule has 3 aromatic rings. The van der Waals surface area contributed by atoms with Gasteiger partial charge in [0.1, 0.15) is 17.5 Å². The number of ether oxygens (including phenoxy) is 2. The number of rotatable bonds is 5. The number of anilines is 1. The van der Waals surface area contributed by atoms with Gasteiger partial charge in [0, 0.05) is 37.6 Å². The molecule has 0 N–H and O–H groups in total. The largest absolute Gasteiger partial charge is 0.485 e. The van der Waals surface area contributed by atoms with E-state index in [2.05, 4.69) is 9.88 Å². The molecule has 3 heterocycles. The molecule has 1 atom stereocenters. The highest BCUT2D eigenvalue weighted by molar-refractivity contribution is 5.59. The summed E-state index contributed by atoms with van der Waals surface area (Å²) < 4.78 is 13.9. The van der Waals surface area contributed by atoms with Crippen molar-refractivity contribution in [2.45, 2.75) is 25.6 Å². The SMILES string of the molecule is Cn1c(N2CCOC(C(C)(C)Oc3ccccc3)C2)nc(-c2ccncc2)cc1=O. The maximum absolute atomic E-state index is 12.6. The van der Waals surface area contributed by atoms with Crippen LogP contribution in [-0.2, 0) is 11.8 Å². The monoisotopic (exact) mass is 406 g/mol. The van der Waals surface area contributed by atoms with Gasteiger partial charge in [-0.05, 0) is 38.1 Å². The Morgan fingerprint density at radius 1 is 1.13 bits per heavy atom. The number of hydrogen-bond donors (Lipinski definition) is 0. The maximum Gasteiger partial charge on any atom is 0.255 e. The molecule has 7 heteroatoms. The van der Waals surface area contributed by atoms with E-state index in [-0.39, 0.29) is 11.7 Å². The first kappa shape index (κ1) is 20.1. The lowest BCUT2D eigenvalue weighted by atomic mass is 9.99. The lowest BCUT2D eigenvalue weighted by molar-refractivity contribution is -0.0791. The second kappa shape index (κ2) is 8.28. The van der Waals surface area contributed by atoms with Gasteiger partial charge in [-0.25, -0.2) is 4.98 Å². The molecule has 0 bridgehead atoms. The van der Waals surface area contributed by atoms with Crippen molar-refractivity contribution in [3.8, 4) is 17.0 Å². The second-order valence-corrected chi connectivity index (χ2v) is 7.90. The van der Waals surface area contributed by atoms with E-state index in [0.29, 0.717) is 31.3 Å². The van der Waals surface area contributed by atoms with E-state index < -0.39 is 5.60 Å². The van der Waals surface area contributed by atoms with Crippen molar-refractivity contribution >= 4 is 5.95 Å². The third-order valence-electron chi connectivity index (χ3n) is 5.34. The number of para-hydroxylation sites is 1. The van der Waals surface area contributed by atoms with Gasteiger partial charge in [-0.3, -0.25) is 14.3 Å². The number of nitrogens with zero attached hydrogens (tertiary/aromatic N) is 4. The first-order valence-electron chi connectivity index (χ1n) is 10.0. The molecule has 0 aliphatic carbocycles. The zero-order chi connectivity index (χ0) is 21.1. The van der Waals surface area contributed by atoms with E-state index in [0.717, 1.165) is 11.3 Å². The summed E-state index contributed by atoms with van der Waals surface area (Å²) in [5.74, 6) is 1.42. The summed E-state index contributed by atoms with van der Waals surface area (Å²) in [6, 6.07) is 15.0. The van der Waals surface area contributed by atoms with Crippen molar-refractivity contribution in [2.24, 2.45) is 7.05 Å². The number of benzene rings is 1. The summed E-state index contributed by atoms with van der Waals surface area (Å²) in [7, 11) is 1.75. The molecular formula is C23H26N4O3. The van der Waals surface area contributed by atoms with Crippen LogP contribution in [0.3, 0.4) is 0 Å². The molecule has 1 aliphatic rings. The highest BCUT2D eigenvalue weighted by Gasteiger charge is 2.37. The van der Waals surface area contributed by atoms with Crippen LogP contribution >= 0.6 is 0 Å². The van der Waals surface area contributed by atoms with Crippen molar-refractivity contribution in [3.05, 3.63) is 71.3 Å². The van der Waals surface area contributed by atoms with Gasteiger partial charge in [-0.2, -0.15) is 0 Å². The summed E-state index contributed by atoms with van der Waals surface area (Å²) in [4.78, 5) is 23.5. The van der Waals surface area contributed by atoms with Crippen LogP contribution < -0.4 is 15.2 Å². The Morgan fingerprint density at radius 3 is 2.60 bits per heavy atom. The zero-order valence-electron chi connectivity index (χ0n) is 17.5. The molecule has 0 radical (unpaired) electrons. The second-order valence-electron chi connectivity index (χ2n) is 7.90. The first-order valence-corrected chi connectivity index (χ1v) is 10.0. The van der Waals surface area contributed by atoms with Crippen LogP contribution in [0.15, 0.2) is 65.7 Å². The number of pyridine rings is 1. The van der Waals surface area contributed by atoms with Crippen LogP contribution in [0.25, 0.3) is 11.3 Å². The standard InChI is InChI=1S/C23H26N4O3/c1-23(2,30-18-7-5-4-6-8-18)20-16-27(13-14-29-20)22-25-19(15-21(28)26(22)3)17-9-11-24-12-10-17/h4-12,15,20H,13-14,16H2,1-3H3. The third-order valence-corrected chi connectivity index (χ3v) is 5.34. The van der Waals surface area contributed by atoms with Crippen LogP contribution in [0.2, 0.25) is 0 Å². The Labute approximate surface area is 175 Å². The maximum atomic E-state index is 12.6. The van der Waals surface area contributed by atoms with E-state index in [1.54, 1.807) is 30.1 Å². The van der Waals surface area contributed by atoms with Gasteiger partial charge in [-0.15, -0.1) is 0 Å². The van der Waals surface area contributed by atoms with Crippen molar-refractivity contribution in [3.63, 3.8) is 0 Å². The molecule has 0 amide bonds. The van der Waals surface area contributed by atoms with E-state index in [4.69, 9.17) is 14.5 Å². The summed E-state index contributed by atoms with van der Waals surface area (Å²) >= 11 is 0. The van der Waals surface area contributed by atoms with Crippen LogP contribution in [0.1, 0.15) is 13.8 Å². The highest BCUT2D eigenvalue weighted by Crippen LogP contribution is 2.27. The normalized spacial score (nSPS) is 17.0. The van der Waals surface area contributed by atoms with Gasteiger partial charge in [0.15, 0.2) is 0 Å². The lowest BCUT2D eigenvalue weighted by Crippen LogP contribution is -2.55. The van der Waals surface area contributed by atoms with E-state index >= 15 is 0 Å². The number of hydrogen-bond acceptors (Lipinski definition) is 6. The van der Waals surface area contributed by atoms with Crippen LogP contribution in [0.4, 0.5) is 5.95 Å². The predicted molar refractivity (Wildman–Crippen MR) is 116 cm³/mol. The topological polar surface area (TPSA) is 69.5 Å². The van der Waals surface area contributed by atoms with Crippen LogP contribution in [-0.4, -0.2) is 45.9 Å². The van der Waals surface area contributed by atoms with E-state index in [9.17, 15) is 4.79 Å². The zero-order valence-corrected chi connectivity index (χ0v) is 17.5. The molecule has 7 nitrogen and oxygen atoms in total. The Kier molecular flexibility index (Phi) is 5.55. The number of morpholine rings is 1. The van der Waals surface area contributed by atoms with Crippen molar-refractivity contribution in [2.75, 3.05) is 24.6 Å².